The summed E-state index contributed by atoms with van der Waals surface area (Å²) in [5, 5.41) is 0. The van der Waals surface area contributed by atoms with Crippen LogP contribution in [0.3, 0.4) is 0 Å². The van der Waals surface area contributed by atoms with Gasteiger partial charge in [0.1, 0.15) is 5.82 Å². The number of hydrogen-bond acceptors (Lipinski definition) is 1. The van der Waals surface area contributed by atoms with Crippen molar-refractivity contribution in [3.05, 3.63) is 69.9 Å². The lowest BCUT2D eigenvalue weighted by Gasteiger charge is -2.18. The predicted octanol–water partition coefficient (Wildman–Crippen LogP) is 4.35. The van der Waals surface area contributed by atoms with Gasteiger partial charge in [-0.3, -0.25) is 4.79 Å². The monoisotopic (exact) mass is 361 g/mol. The minimum Gasteiger partial charge on any atom is -0.341 e. The van der Waals surface area contributed by atoms with Gasteiger partial charge in [0.25, 0.3) is 0 Å². The highest BCUT2D eigenvalue weighted by Crippen LogP contribution is 2.48. The molecule has 0 heterocycles. The number of nitrogens with zero attached hydrogens (tertiary/aromatic N) is 1. The number of halogens is 2. The zero-order valence-corrected chi connectivity index (χ0v) is 13.9. The van der Waals surface area contributed by atoms with Gasteiger partial charge in [-0.1, -0.05) is 46.3 Å². The third kappa shape index (κ3) is 3.22. The van der Waals surface area contributed by atoms with Crippen molar-refractivity contribution in [2.45, 2.75) is 18.9 Å². The standard InChI is InChI=1S/C18H17BrFNO/c1-21(11-13-4-2-3-5-17(13)19)18(22)16-10-15(16)12-6-8-14(20)9-7-12/h2-9,15-16H,10-11H2,1H3. The topological polar surface area (TPSA) is 20.3 Å². The average Bonchev–Trinajstić information content (AvgIpc) is 3.30. The zero-order chi connectivity index (χ0) is 15.7. The van der Waals surface area contributed by atoms with E-state index in [0.29, 0.717) is 6.54 Å². The molecule has 0 saturated heterocycles. The van der Waals surface area contributed by atoms with E-state index >= 15 is 0 Å². The lowest BCUT2D eigenvalue weighted by molar-refractivity contribution is -0.131. The van der Waals surface area contributed by atoms with Crippen molar-refractivity contribution in [3.63, 3.8) is 0 Å². The van der Waals surface area contributed by atoms with Gasteiger partial charge in [-0.2, -0.15) is 0 Å². The van der Waals surface area contributed by atoms with E-state index in [4.69, 9.17) is 0 Å². The molecule has 114 valence electrons. The molecule has 1 saturated carbocycles. The minimum absolute atomic E-state index is 0.0259. The molecule has 4 heteroatoms. The molecule has 3 rings (SSSR count). The van der Waals surface area contributed by atoms with Crippen LogP contribution in [-0.4, -0.2) is 17.9 Å². The number of amides is 1. The Bertz CT molecular complexity index is 686. The molecule has 1 aliphatic carbocycles. The number of carbonyl (C=O) groups excluding carboxylic acids is 1. The molecular formula is C18H17BrFNO. The maximum atomic E-state index is 13.0. The van der Waals surface area contributed by atoms with Gasteiger partial charge >= 0.3 is 0 Å². The molecule has 2 aromatic rings. The van der Waals surface area contributed by atoms with Gasteiger partial charge in [-0.15, -0.1) is 0 Å². The van der Waals surface area contributed by atoms with Gasteiger partial charge in [0.05, 0.1) is 0 Å². The average molecular weight is 362 g/mol. The Balaban J connectivity index is 1.63. The Labute approximate surface area is 138 Å². The Morgan fingerprint density at radius 1 is 1.23 bits per heavy atom. The molecule has 1 fully saturated rings. The second-order valence-electron chi connectivity index (χ2n) is 5.79. The summed E-state index contributed by atoms with van der Waals surface area (Å²) in [6, 6.07) is 14.4. The van der Waals surface area contributed by atoms with E-state index in [0.717, 1.165) is 22.0 Å². The summed E-state index contributed by atoms with van der Waals surface area (Å²) < 4.78 is 14.0. The first-order valence-electron chi connectivity index (χ1n) is 7.30. The summed E-state index contributed by atoms with van der Waals surface area (Å²) in [4.78, 5) is 14.3. The molecule has 0 radical (unpaired) electrons. The first kappa shape index (κ1) is 15.2. The second-order valence-corrected chi connectivity index (χ2v) is 6.64. The third-order valence-electron chi connectivity index (χ3n) is 4.15. The fourth-order valence-electron chi connectivity index (χ4n) is 2.79. The fourth-order valence-corrected chi connectivity index (χ4v) is 3.20. The van der Waals surface area contributed by atoms with E-state index in [-0.39, 0.29) is 23.6 Å². The van der Waals surface area contributed by atoms with Crippen molar-refractivity contribution >= 4 is 21.8 Å². The third-order valence-corrected chi connectivity index (χ3v) is 4.92. The van der Waals surface area contributed by atoms with E-state index in [2.05, 4.69) is 15.9 Å². The molecule has 22 heavy (non-hydrogen) atoms. The first-order valence-corrected chi connectivity index (χ1v) is 8.09. The number of benzene rings is 2. The lowest BCUT2D eigenvalue weighted by atomic mass is 10.1. The van der Waals surface area contributed by atoms with Crippen LogP contribution in [0.2, 0.25) is 0 Å². The summed E-state index contributed by atoms with van der Waals surface area (Å²) in [6.07, 6.45) is 0.852. The highest BCUT2D eigenvalue weighted by Gasteiger charge is 2.45. The van der Waals surface area contributed by atoms with Gasteiger partial charge in [-0.25, -0.2) is 4.39 Å². The van der Waals surface area contributed by atoms with Crippen LogP contribution in [0.25, 0.3) is 0 Å². The quantitative estimate of drug-likeness (QED) is 0.792. The molecule has 0 aromatic heterocycles. The van der Waals surface area contributed by atoms with E-state index < -0.39 is 0 Å². The smallest absolute Gasteiger partial charge is 0.226 e. The van der Waals surface area contributed by atoms with Crippen LogP contribution < -0.4 is 0 Å². The van der Waals surface area contributed by atoms with E-state index in [1.807, 2.05) is 31.3 Å². The van der Waals surface area contributed by atoms with Gasteiger partial charge in [0, 0.05) is 24.0 Å². The molecule has 2 aromatic carbocycles. The molecule has 1 amide bonds. The molecular weight excluding hydrogens is 345 g/mol. The predicted molar refractivity (Wildman–Crippen MR) is 87.9 cm³/mol. The van der Waals surface area contributed by atoms with Crippen LogP contribution in [-0.2, 0) is 11.3 Å². The molecule has 0 bridgehead atoms. The molecule has 1 aliphatic rings. The summed E-state index contributed by atoms with van der Waals surface area (Å²) in [5.41, 5.74) is 2.14. The van der Waals surface area contributed by atoms with Crippen molar-refractivity contribution in [1.82, 2.24) is 4.90 Å². The van der Waals surface area contributed by atoms with Crippen LogP contribution in [0.1, 0.15) is 23.5 Å². The Morgan fingerprint density at radius 3 is 2.59 bits per heavy atom. The van der Waals surface area contributed by atoms with Crippen molar-refractivity contribution in [2.75, 3.05) is 7.05 Å². The highest BCUT2D eigenvalue weighted by atomic mass is 79.9. The van der Waals surface area contributed by atoms with Crippen LogP contribution in [0.5, 0.6) is 0 Å². The Hall–Kier alpha value is -1.68. The summed E-state index contributed by atoms with van der Waals surface area (Å²) in [7, 11) is 1.84. The van der Waals surface area contributed by atoms with E-state index in [9.17, 15) is 9.18 Å². The maximum Gasteiger partial charge on any atom is 0.226 e. The molecule has 2 atom stereocenters. The number of carbonyl (C=O) groups is 1. The Morgan fingerprint density at radius 2 is 1.91 bits per heavy atom. The molecule has 0 N–H and O–H groups in total. The van der Waals surface area contributed by atoms with Crippen molar-refractivity contribution in [1.29, 1.82) is 0 Å². The maximum absolute atomic E-state index is 13.0. The van der Waals surface area contributed by atoms with Crippen LogP contribution >= 0.6 is 15.9 Å². The highest BCUT2D eigenvalue weighted by molar-refractivity contribution is 9.10. The molecule has 2 unspecified atom stereocenters. The molecule has 0 aliphatic heterocycles. The Kier molecular flexibility index (Phi) is 4.30. The normalized spacial score (nSPS) is 19.8. The fraction of sp³-hybridized carbons (Fsp3) is 0.278. The van der Waals surface area contributed by atoms with Crippen molar-refractivity contribution in [3.8, 4) is 0 Å². The van der Waals surface area contributed by atoms with Gasteiger partial charge in [-0.05, 0) is 41.7 Å². The van der Waals surface area contributed by atoms with Crippen molar-refractivity contribution in [2.24, 2.45) is 5.92 Å². The summed E-state index contributed by atoms with van der Waals surface area (Å²) in [6.45, 7) is 0.590. The first-order chi connectivity index (χ1) is 10.6. The number of rotatable bonds is 4. The van der Waals surface area contributed by atoms with Gasteiger partial charge in [0.2, 0.25) is 5.91 Å². The SMILES string of the molecule is CN(Cc1ccccc1Br)C(=O)C1CC1c1ccc(F)cc1. The van der Waals surface area contributed by atoms with Gasteiger partial charge in [0.15, 0.2) is 0 Å². The van der Waals surface area contributed by atoms with E-state index in [1.54, 1.807) is 17.0 Å². The molecule has 0 spiro atoms. The van der Waals surface area contributed by atoms with E-state index in [1.165, 1.54) is 12.1 Å². The molecule has 2 nitrogen and oxygen atoms in total. The number of hydrogen-bond donors (Lipinski definition) is 0. The van der Waals surface area contributed by atoms with Gasteiger partial charge < -0.3 is 4.90 Å². The summed E-state index contributed by atoms with van der Waals surface area (Å²) >= 11 is 3.51. The van der Waals surface area contributed by atoms with Crippen LogP contribution in [0.4, 0.5) is 4.39 Å². The summed E-state index contributed by atoms with van der Waals surface area (Å²) in [5.74, 6) is 0.177. The van der Waals surface area contributed by atoms with Crippen LogP contribution in [0.15, 0.2) is 53.0 Å². The second kappa shape index (κ2) is 6.21. The zero-order valence-electron chi connectivity index (χ0n) is 12.3. The van der Waals surface area contributed by atoms with Crippen LogP contribution in [0, 0.1) is 11.7 Å². The lowest BCUT2D eigenvalue weighted by Crippen LogP contribution is -2.28. The van der Waals surface area contributed by atoms with Crippen molar-refractivity contribution < 1.29 is 9.18 Å². The minimum atomic E-state index is -0.238. The largest absolute Gasteiger partial charge is 0.341 e.